The molecule has 1 saturated heterocycles. The lowest BCUT2D eigenvalue weighted by molar-refractivity contribution is -0.139. The van der Waals surface area contributed by atoms with Crippen molar-refractivity contribution < 1.29 is 19.4 Å². The van der Waals surface area contributed by atoms with Gasteiger partial charge in [-0.2, -0.15) is 0 Å². The summed E-state index contributed by atoms with van der Waals surface area (Å²) in [5, 5.41) is 13.3. The average Bonchev–Trinajstić information content (AvgIpc) is 3.17. The van der Waals surface area contributed by atoms with Gasteiger partial charge in [-0.25, -0.2) is 0 Å². The van der Waals surface area contributed by atoms with Crippen LogP contribution in [0, 0.1) is 6.92 Å². The number of halogens is 2. The van der Waals surface area contributed by atoms with E-state index in [9.17, 15) is 14.7 Å². The van der Waals surface area contributed by atoms with Gasteiger partial charge in [-0.15, -0.1) is 11.3 Å². The largest absolute Gasteiger partial charge is 0.507 e. The van der Waals surface area contributed by atoms with Crippen LogP contribution in [0.3, 0.4) is 0 Å². The molecular weight excluding hydrogens is 421 g/mol. The van der Waals surface area contributed by atoms with Crippen LogP contribution in [0.25, 0.3) is 5.76 Å². The van der Waals surface area contributed by atoms with Gasteiger partial charge in [0, 0.05) is 17.0 Å². The number of carbonyl (C=O) groups excluding carboxylic acids is 2. The molecule has 2 aromatic rings. The van der Waals surface area contributed by atoms with E-state index in [4.69, 9.17) is 27.9 Å². The zero-order valence-electron chi connectivity index (χ0n) is 15.6. The summed E-state index contributed by atoms with van der Waals surface area (Å²) in [4.78, 5) is 27.8. The maximum Gasteiger partial charge on any atom is 0.295 e. The van der Waals surface area contributed by atoms with Crippen LogP contribution in [0.2, 0.25) is 10.0 Å². The van der Waals surface area contributed by atoms with Gasteiger partial charge in [0.15, 0.2) is 5.75 Å². The molecule has 28 heavy (non-hydrogen) atoms. The predicted molar refractivity (Wildman–Crippen MR) is 111 cm³/mol. The van der Waals surface area contributed by atoms with Crippen molar-refractivity contribution in [1.29, 1.82) is 0 Å². The van der Waals surface area contributed by atoms with Crippen molar-refractivity contribution in [2.75, 3.05) is 13.7 Å². The molecule has 148 valence electrons. The van der Waals surface area contributed by atoms with Crippen LogP contribution in [0.5, 0.6) is 5.75 Å². The second-order valence-electron chi connectivity index (χ2n) is 6.43. The fraction of sp³-hybridized carbons (Fsp3) is 0.300. The average molecular weight is 440 g/mol. The Morgan fingerprint density at radius 1 is 1.29 bits per heavy atom. The van der Waals surface area contributed by atoms with Gasteiger partial charge in [-0.3, -0.25) is 9.59 Å². The van der Waals surface area contributed by atoms with Gasteiger partial charge in [0.05, 0.1) is 28.8 Å². The molecule has 1 aliphatic heterocycles. The van der Waals surface area contributed by atoms with Crippen LogP contribution in [0.4, 0.5) is 0 Å². The molecule has 1 aromatic carbocycles. The standard InChI is InChI=1S/C20H19Cl2NO4S/c1-4-6-23-15(19-10(2)5-7-28-19)14(17(25)20(23)26)16(24)11-8-12(21)18(27-3)13(22)9-11/h5,7-9,15,24H,4,6H2,1-3H3/b16-14-. The third-order valence-electron chi connectivity index (χ3n) is 4.63. The maximum atomic E-state index is 12.8. The Bertz CT molecular complexity index is 959. The zero-order valence-corrected chi connectivity index (χ0v) is 17.9. The van der Waals surface area contributed by atoms with Crippen molar-refractivity contribution in [1.82, 2.24) is 4.90 Å². The molecule has 0 saturated carbocycles. The van der Waals surface area contributed by atoms with E-state index in [2.05, 4.69) is 0 Å². The first-order chi connectivity index (χ1) is 13.3. The molecular formula is C20H19Cl2NO4S. The van der Waals surface area contributed by atoms with E-state index in [-0.39, 0.29) is 32.7 Å². The lowest BCUT2D eigenvalue weighted by atomic mass is 9.98. The minimum absolute atomic E-state index is 0.0429. The van der Waals surface area contributed by atoms with E-state index < -0.39 is 17.7 Å². The summed E-state index contributed by atoms with van der Waals surface area (Å²) in [6.45, 7) is 4.26. The summed E-state index contributed by atoms with van der Waals surface area (Å²) in [6, 6.07) is 4.22. The van der Waals surface area contributed by atoms with E-state index in [1.807, 2.05) is 25.3 Å². The Kier molecular flexibility index (Phi) is 6.03. The number of nitrogens with zero attached hydrogens (tertiary/aromatic N) is 1. The number of hydrogen-bond donors (Lipinski definition) is 1. The lowest BCUT2D eigenvalue weighted by Crippen LogP contribution is -2.30. The number of thiophene rings is 1. The Hall–Kier alpha value is -2.02. The maximum absolute atomic E-state index is 12.8. The van der Waals surface area contributed by atoms with Gasteiger partial charge < -0.3 is 14.7 Å². The molecule has 1 N–H and O–H groups in total. The zero-order chi connectivity index (χ0) is 20.6. The van der Waals surface area contributed by atoms with E-state index >= 15 is 0 Å². The number of ether oxygens (including phenoxy) is 1. The number of carbonyl (C=O) groups is 2. The fourth-order valence-electron chi connectivity index (χ4n) is 3.34. The quantitative estimate of drug-likeness (QED) is 0.394. The van der Waals surface area contributed by atoms with Gasteiger partial charge in [0.2, 0.25) is 0 Å². The molecule has 1 aromatic heterocycles. The molecule has 0 aliphatic carbocycles. The predicted octanol–water partition coefficient (Wildman–Crippen LogP) is 5.20. The smallest absolute Gasteiger partial charge is 0.295 e. The van der Waals surface area contributed by atoms with Crippen LogP contribution >= 0.6 is 34.5 Å². The molecule has 1 aliphatic rings. The number of likely N-dealkylation sites (tertiary alicyclic amines) is 1. The van der Waals surface area contributed by atoms with Crippen LogP contribution in [-0.2, 0) is 9.59 Å². The highest BCUT2D eigenvalue weighted by Gasteiger charge is 2.46. The van der Waals surface area contributed by atoms with E-state index in [0.29, 0.717) is 13.0 Å². The number of methoxy groups -OCH3 is 1. The molecule has 8 heteroatoms. The third kappa shape index (κ3) is 3.41. The molecule has 3 rings (SSSR count). The highest BCUT2D eigenvalue weighted by molar-refractivity contribution is 7.10. The number of Topliss-reactive ketones (excluding diaryl/α,β-unsaturated/α-hetero) is 1. The van der Waals surface area contributed by atoms with Gasteiger partial charge in [-0.1, -0.05) is 30.1 Å². The topological polar surface area (TPSA) is 66.8 Å². The van der Waals surface area contributed by atoms with Crippen LogP contribution in [0.1, 0.15) is 35.4 Å². The van der Waals surface area contributed by atoms with E-state index in [1.54, 1.807) is 0 Å². The van der Waals surface area contributed by atoms with Crippen molar-refractivity contribution in [2.24, 2.45) is 0 Å². The Morgan fingerprint density at radius 3 is 2.43 bits per heavy atom. The van der Waals surface area contributed by atoms with E-state index in [0.717, 1.165) is 10.4 Å². The highest BCUT2D eigenvalue weighted by atomic mass is 35.5. The van der Waals surface area contributed by atoms with Crippen molar-refractivity contribution in [3.8, 4) is 5.75 Å². The van der Waals surface area contributed by atoms with Crippen molar-refractivity contribution in [3.63, 3.8) is 0 Å². The molecule has 5 nitrogen and oxygen atoms in total. The normalized spacial score (nSPS) is 18.8. The Balaban J connectivity index is 2.22. The number of rotatable bonds is 5. The molecule has 1 amide bonds. The summed E-state index contributed by atoms with van der Waals surface area (Å²) in [5.41, 5.74) is 1.25. The van der Waals surface area contributed by atoms with Crippen molar-refractivity contribution >= 4 is 52.0 Å². The summed E-state index contributed by atoms with van der Waals surface area (Å²) in [7, 11) is 1.43. The third-order valence-corrected chi connectivity index (χ3v) is 6.26. The lowest BCUT2D eigenvalue weighted by Gasteiger charge is -2.24. The number of aliphatic hydroxyl groups is 1. The van der Waals surface area contributed by atoms with E-state index in [1.165, 1.54) is 35.5 Å². The Morgan fingerprint density at radius 2 is 1.93 bits per heavy atom. The van der Waals surface area contributed by atoms with Gasteiger partial charge in [0.1, 0.15) is 5.76 Å². The molecule has 1 atom stereocenters. The molecule has 0 radical (unpaired) electrons. The van der Waals surface area contributed by atoms with Crippen LogP contribution in [0.15, 0.2) is 29.2 Å². The van der Waals surface area contributed by atoms with Gasteiger partial charge >= 0.3 is 0 Å². The Labute approximate surface area is 177 Å². The highest BCUT2D eigenvalue weighted by Crippen LogP contribution is 2.44. The number of hydrogen-bond acceptors (Lipinski definition) is 5. The summed E-state index contributed by atoms with van der Waals surface area (Å²) >= 11 is 13.8. The second-order valence-corrected chi connectivity index (χ2v) is 8.20. The SMILES string of the molecule is CCCN1C(=O)C(=O)/C(=C(\O)c2cc(Cl)c(OC)c(Cl)c2)C1c1sccc1C. The fourth-order valence-corrected chi connectivity index (χ4v) is 5.02. The molecule has 2 heterocycles. The first-order valence-electron chi connectivity index (χ1n) is 8.67. The number of benzene rings is 1. The summed E-state index contributed by atoms with van der Waals surface area (Å²) in [6.07, 6.45) is 0.689. The first kappa shape index (κ1) is 20.7. The minimum Gasteiger partial charge on any atom is -0.507 e. The first-order valence-corrected chi connectivity index (χ1v) is 10.3. The molecule has 0 spiro atoms. The number of amides is 1. The van der Waals surface area contributed by atoms with Crippen molar-refractivity contribution in [3.05, 3.63) is 55.2 Å². The monoisotopic (exact) mass is 439 g/mol. The summed E-state index contributed by atoms with van der Waals surface area (Å²) in [5.74, 6) is -1.36. The van der Waals surface area contributed by atoms with Gasteiger partial charge in [-0.05, 0) is 42.5 Å². The van der Waals surface area contributed by atoms with Gasteiger partial charge in [0.25, 0.3) is 11.7 Å². The second kappa shape index (κ2) is 8.15. The van der Waals surface area contributed by atoms with Crippen LogP contribution < -0.4 is 4.74 Å². The van der Waals surface area contributed by atoms with Crippen molar-refractivity contribution in [2.45, 2.75) is 26.3 Å². The molecule has 1 fully saturated rings. The number of aliphatic hydroxyl groups excluding tert-OH is 1. The van der Waals surface area contributed by atoms with Crippen LogP contribution in [-0.4, -0.2) is 35.4 Å². The minimum atomic E-state index is -0.716. The number of ketones is 1. The number of aryl methyl sites for hydroxylation is 1. The summed E-state index contributed by atoms with van der Waals surface area (Å²) < 4.78 is 5.13. The molecule has 1 unspecified atom stereocenters. The molecule has 0 bridgehead atoms.